The zero-order valence-electron chi connectivity index (χ0n) is 10.8. The van der Waals surface area contributed by atoms with Gasteiger partial charge in [0.15, 0.2) is 0 Å². The van der Waals surface area contributed by atoms with Crippen LogP contribution in [0.1, 0.15) is 16.7 Å². The fraction of sp³-hybridized carbons (Fsp3) is 0.294. The van der Waals surface area contributed by atoms with Crippen LogP contribution in [0, 0.1) is 12.8 Å². The third kappa shape index (κ3) is 3.89. The predicted octanol–water partition coefficient (Wildman–Crippen LogP) is 4.64. The number of hydrogen-bond acceptors (Lipinski definition) is 0. The van der Waals surface area contributed by atoms with Crippen LogP contribution in [0.3, 0.4) is 0 Å². The number of alkyl halides is 1. The summed E-state index contributed by atoms with van der Waals surface area (Å²) >= 11 is 6.11. The lowest BCUT2D eigenvalue weighted by Crippen LogP contribution is -2.10. The molecule has 1 heteroatoms. The Balaban J connectivity index is 2.01. The standard InChI is InChI=1S/C17H19Cl/c1-14-6-5-9-16(10-14)12-17(13-18)11-15-7-3-2-4-8-15/h2-10,17H,11-13H2,1H3. The molecule has 0 aromatic heterocycles. The normalized spacial score (nSPS) is 12.3. The second-order valence-electron chi connectivity index (χ2n) is 4.90. The van der Waals surface area contributed by atoms with E-state index in [2.05, 4.69) is 61.5 Å². The van der Waals surface area contributed by atoms with Crippen LogP contribution in [0.15, 0.2) is 54.6 Å². The van der Waals surface area contributed by atoms with E-state index < -0.39 is 0 Å². The monoisotopic (exact) mass is 258 g/mol. The lowest BCUT2D eigenvalue weighted by molar-refractivity contribution is 0.584. The molecule has 0 fully saturated rings. The van der Waals surface area contributed by atoms with Crippen LogP contribution in [0.5, 0.6) is 0 Å². The molecule has 0 amide bonds. The number of halogens is 1. The minimum Gasteiger partial charge on any atom is -0.126 e. The lowest BCUT2D eigenvalue weighted by Gasteiger charge is -2.14. The number of benzene rings is 2. The Morgan fingerprint density at radius 1 is 0.889 bits per heavy atom. The van der Waals surface area contributed by atoms with E-state index in [0.29, 0.717) is 11.8 Å². The Kier molecular flexibility index (Phi) is 4.83. The van der Waals surface area contributed by atoms with Crippen molar-refractivity contribution in [1.29, 1.82) is 0 Å². The van der Waals surface area contributed by atoms with Crippen molar-refractivity contribution < 1.29 is 0 Å². The van der Waals surface area contributed by atoms with Crippen molar-refractivity contribution in [2.75, 3.05) is 5.88 Å². The number of rotatable bonds is 5. The summed E-state index contributed by atoms with van der Waals surface area (Å²) in [6, 6.07) is 19.3. The van der Waals surface area contributed by atoms with Crippen molar-refractivity contribution in [2.24, 2.45) is 5.92 Å². The van der Waals surface area contributed by atoms with Crippen molar-refractivity contribution in [3.8, 4) is 0 Å². The molecule has 0 nitrogen and oxygen atoms in total. The third-order valence-electron chi connectivity index (χ3n) is 3.19. The van der Waals surface area contributed by atoms with Gasteiger partial charge in [0.05, 0.1) is 0 Å². The molecule has 0 aliphatic rings. The fourth-order valence-corrected chi connectivity index (χ4v) is 2.52. The predicted molar refractivity (Wildman–Crippen MR) is 79.2 cm³/mol. The molecule has 0 radical (unpaired) electrons. The molecule has 2 aromatic rings. The van der Waals surface area contributed by atoms with Crippen molar-refractivity contribution in [1.82, 2.24) is 0 Å². The highest BCUT2D eigenvalue weighted by Gasteiger charge is 2.09. The van der Waals surface area contributed by atoms with Crippen molar-refractivity contribution >= 4 is 11.6 Å². The van der Waals surface area contributed by atoms with Gasteiger partial charge in [-0.2, -0.15) is 0 Å². The smallest absolute Gasteiger partial charge is 0.0258 e. The van der Waals surface area contributed by atoms with E-state index in [4.69, 9.17) is 11.6 Å². The molecule has 0 N–H and O–H groups in total. The second kappa shape index (κ2) is 6.61. The second-order valence-corrected chi connectivity index (χ2v) is 5.21. The number of hydrogen-bond donors (Lipinski definition) is 0. The average molecular weight is 259 g/mol. The molecule has 2 aromatic carbocycles. The van der Waals surface area contributed by atoms with Gasteiger partial charge in [-0.1, -0.05) is 60.2 Å². The van der Waals surface area contributed by atoms with E-state index in [1.165, 1.54) is 16.7 Å². The first-order chi connectivity index (χ1) is 8.78. The van der Waals surface area contributed by atoms with Gasteiger partial charge in [-0.15, -0.1) is 11.6 Å². The minimum absolute atomic E-state index is 0.510. The van der Waals surface area contributed by atoms with Gasteiger partial charge in [-0.3, -0.25) is 0 Å². The van der Waals surface area contributed by atoms with Crippen LogP contribution in [-0.4, -0.2) is 5.88 Å². The van der Waals surface area contributed by atoms with Crippen LogP contribution in [0.25, 0.3) is 0 Å². The summed E-state index contributed by atoms with van der Waals surface area (Å²) in [6.07, 6.45) is 2.11. The molecule has 1 unspecified atom stereocenters. The third-order valence-corrected chi connectivity index (χ3v) is 3.63. The Morgan fingerprint density at radius 3 is 2.22 bits per heavy atom. The molecule has 0 spiro atoms. The molecule has 0 bridgehead atoms. The van der Waals surface area contributed by atoms with E-state index in [1.807, 2.05) is 0 Å². The highest BCUT2D eigenvalue weighted by Crippen LogP contribution is 2.17. The zero-order chi connectivity index (χ0) is 12.8. The molecular formula is C17H19Cl. The first-order valence-electron chi connectivity index (χ1n) is 6.43. The summed E-state index contributed by atoms with van der Waals surface area (Å²) in [4.78, 5) is 0. The van der Waals surface area contributed by atoms with E-state index in [1.54, 1.807) is 0 Å². The van der Waals surface area contributed by atoms with Crippen LogP contribution >= 0.6 is 11.6 Å². The molecule has 0 aliphatic carbocycles. The maximum Gasteiger partial charge on any atom is 0.0258 e. The molecule has 0 aliphatic heterocycles. The van der Waals surface area contributed by atoms with Gasteiger partial charge in [0.25, 0.3) is 0 Å². The van der Waals surface area contributed by atoms with Gasteiger partial charge in [0, 0.05) is 5.88 Å². The Bertz CT molecular complexity index is 476. The summed E-state index contributed by atoms with van der Waals surface area (Å²) in [5.74, 6) is 1.22. The summed E-state index contributed by atoms with van der Waals surface area (Å²) in [6.45, 7) is 2.14. The minimum atomic E-state index is 0.510. The highest BCUT2D eigenvalue weighted by atomic mass is 35.5. The maximum absolute atomic E-state index is 6.11. The first-order valence-corrected chi connectivity index (χ1v) is 6.97. The van der Waals surface area contributed by atoms with E-state index >= 15 is 0 Å². The van der Waals surface area contributed by atoms with Crippen LogP contribution in [-0.2, 0) is 12.8 Å². The van der Waals surface area contributed by atoms with Crippen LogP contribution < -0.4 is 0 Å². The highest BCUT2D eigenvalue weighted by molar-refractivity contribution is 6.18. The molecule has 0 saturated carbocycles. The lowest BCUT2D eigenvalue weighted by atomic mass is 9.93. The summed E-state index contributed by atoms with van der Waals surface area (Å²) in [5.41, 5.74) is 4.08. The van der Waals surface area contributed by atoms with Gasteiger partial charge in [-0.25, -0.2) is 0 Å². The van der Waals surface area contributed by atoms with Crippen molar-refractivity contribution in [3.05, 3.63) is 71.3 Å². The van der Waals surface area contributed by atoms with Gasteiger partial charge in [0.2, 0.25) is 0 Å². The zero-order valence-corrected chi connectivity index (χ0v) is 11.5. The largest absolute Gasteiger partial charge is 0.126 e. The quantitative estimate of drug-likeness (QED) is 0.686. The van der Waals surface area contributed by atoms with Crippen molar-refractivity contribution in [2.45, 2.75) is 19.8 Å². The average Bonchev–Trinajstić information content (AvgIpc) is 2.39. The van der Waals surface area contributed by atoms with E-state index in [-0.39, 0.29) is 0 Å². The fourth-order valence-electron chi connectivity index (χ4n) is 2.30. The molecule has 0 heterocycles. The van der Waals surface area contributed by atoms with Crippen LogP contribution in [0.4, 0.5) is 0 Å². The topological polar surface area (TPSA) is 0 Å². The molecule has 18 heavy (non-hydrogen) atoms. The maximum atomic E-state index is 6.11. The molecule has 2 rings (SSSR count). The van der Waals surface area contributed by atoms with Crippen LogP contribution in [0.2, 0.25) is 0 Å². The van der Waals surface area contributed by atoms with Crippen molar-refractivity contribution in [3.63, 3.8) is 0 Å². The SMILES string of the molecule is Cc1cccc(CC(CCl)Cc2ccccc2)c1. The molecule has 0 saturated heterocycles. The summed E-state index contributed by atoms with van der Waals surface area (Å²) in [5, 5.41) is 0. The summed E-state index contributed by atoms with van der Waals surface area (Å²) < 4.78 is 0. The van der Waals surface area contributed by atoms with Gasteiger partial charge < -0.3 is 0 Å². The number of aryl methyl sites for hydroxylation is 1. The molecular weight excluding hydrogens is 240 g/mol. The summed E-state index contributed by atoms with van der Waals surface area (Å²) in [7, 11) is 0. The van der Waals surface area contributed by atoms with E-state index in [0.717, 1.165) is 12.8 Å². The Hall–Kier alpha value is -1.27. The molecule has 94 valence electrons. The Morgan fingerprint density at radius 2 is 1.56 bits per heavy atom. The first kappa shape index (κ1) is 13.2. The van der Waals surface area contributed by atoms with Gasteiger partial charge >= 0.3 is 0 Å². The molecule has 1 atom stereocenters. The van der Waals surface area contributed by atoms with E-state index in [9.17, 15) is 0 Å². The Labute approximate surface area is 115 Å². The van der Waals surface area contributed by atoms with Gasteiger partial charge in [-0.05, 0) is 36.8 Å². The van der Waals surface area contributed by atoms with Gasteiger partial charge in [0.1, 0.15) is 0 Å².